The van der Waals surface area contributed by atoms with Gasteiger partial charge in [-0.2, -0.15) is 0 Å². The Kier molecular flexibility index (Phi) is 2.88. The van der Waals surface area contributed by atoms with Crippen molar-refractivity contribution in [1.29, 1.82) is 0 Å². The topological polar surface area (TPSA) is 76.8 Å². The van der Waals surface area contributed by atoms with E-state index in [1.165, 1.54) is 6.20 Å². The van der Waals surface area contributed by atoms with Crippen LogP contribution < -0.4 is 10.4 Å². The molecule has 0 aromatic carbocycles. The van der Waals surface area contributed by atoms with E-state index in [1.54, 1.807) is 19.2 Å². The summed E-state index contributed by atoms with van der Waals surface area (Å²) in [5, 5.41) is 27.9. The van der Waals surface area contributed by atoms with Crippen molar-refractivity contribution < 1.29 is 15.2 Å². The van der Waals surface area contributed by atoms with Gasteiger partial charge in [0, 0.05) is 24.7 Å². The Morgan fingerprint density at radius 1 is 1.44 bits per heavy atom. The number of hydrogen-bond donors (Lipinski definition) is 3. The van der Waals surface area contributed by atoms with Crippen LogP contribution in [0.1, 0.15) is 13.3 Å². The molecular formula is C10H15BN2O3. The fraction of sp³-hybridized carbons (Fsp3) is 0.500. The molecule has 1 atom stereocenters. The first-order chi connectivity index (χ1) is 7.48. The van der Waals surface area contributed by atoms with Crippen LogP contribution in [0.2, 0.25) is 0 Å². The first-order valence-electron chi connectivity index (χ1n) is 5.26. The first kappa shape index (κ1) is 11.4. The molecule has 1 aromatic rings. The summed E-state index contributed by atoms with van der Waals surface area (Å²) >= 11 is 0. The van der Waals surface area contributed by atoms with Gasteiger partial charge < -0.3 is 20.1 Å². The second kappa shape index (κ2) is 4.05. The minimum absolute atomic E-state index is 0.365. The lowest BCUT2D eigenvalue weighted by Crippen LogP contribution is -2.33. The highest BCUT2D eigenvalue weighted by Gasteiger charge is 2.31. The molecule has 0 bridgehead atoms. The van der Waals surface area contributed by atoms with Gasteiger partial charge in [0.05, 0.1) is 17.5 Å². The zero-order chi connectivity index (χ0) is 11.8. The molecule has 1 fully saturated rings. The maximum Gasteiger partial charge on any atom is 0.490 e. The number of rotatable bonds is 2. The molecule has 1 aliphatic heterocycles. The Morgan fingerprint density at radius 3 is 2.75 bits per heavy atom. The van der Waals surface area contributed by atoms with E-state index in [-0.39, 0.29) is 0 Å². The molecule has 86 valence electrons. The molecule has 5 nitrogen and oxygen atoms in total. The third-order valence-corrected chi connectivity index (χ3v) is 2.86. The minimum Gasteiger partial charge on any atom is -0.423 e. The van der Waals surface area contributed by atoms with Crippen LogP contribution in [-0.2, 0) is 0 Å². The predicted molar refractivity (Wildman–Crippen MR) is 61.5 cm³/mol. The van der Waals surface area contributed by atoms with E-state index in [9.17, 15) is 5.11 Å². The molecule has 0 aliphatic carbocycles. The van der Waals surface area contributed by atoms with Gasteiger partial charge in [-0.1, -0.05) is 0 Å². The Balaban J connectivity index is 2.19. The number of β-amino-alcohol motifs (C(OH)–C–C–N with tert-alkyl or cyclic N) is 1. The molecule has 16 heavy (non-hydrogen) atoms. The quantitative estimate of drug-likeness (QED) is 0.543. The normalized spacial score (nSPS) is 24.9. The van der Waals surface area contributed by atoms with Gasteiger partial charge in [-0.15, -0.1) is 0 Å². The molecule has 6 heteroatoms. The summed E-state index contributed by atoms with van der Waals surface area (Å²) in [6.45, 7) is 3.09. The first-order valence-corrected chi connectivity index (χ1v) is 5.26. The van der Waals surface area contributed by atoms with Crippen LogP contribution in [0.15, 0.2) is 18.5 Å². The molecule has 3 N–H and O–H groups in total. The Labute approximate surface area is 94.5 Å². The number of hydrogen-bond acceptors (Lipinski definition) is 5. The van der Waals surface area contributed by atoms with E-state index in [2.05, 4.69) is 4.98 Å². The molecular weight excluding hydrogens is 207 g/mol. The highest BCUT2D eigenvalue weighted by atomic mass is 16.4. The van der Waals surface area contributed by atoms with Crippen LogP contribution in [0.5, 0.6) is 0 Å². The molecule has 1 saturated heterocycles. The number of anilines is 1. The van der Waals surface area contributed by atoms with Crippen LogP contribution in [0.3, 0.4) is 0 Å². The van der Waals surface area contributed by atoms with Crippen molar-refractivity contribution in [3.05, 3.63) is 18.5 Å². The molecule has 0 amide bonds. The highest BCUT2D eigenvalue weighted by molar-refractivity contribution is 6.58. The van der Waals surface area contributed by atoms with E-state index >= 15 is 0 Å². The van der Waals surface area contributed by atoms with Gasteiger partial charge in [-0.25, -0.2) is 0 Å². The van der Waals surface area contributed by atoms with Gasteiger partial charge >= 0.3 is 7.12 Å². The molecule has 0 saturated carbocycles. The van der Waals surface area contributed by atoms with Crippen LogP contribution in [0.4, 0.5) is 5.69 Å². The molecule has 0 radical (unpaired) electrons. The second-order valence-electron chi connectivity index (χ2n) is 4.52. The third kappa shape index (κ3) is 2.34. The second-order valence-corrected chi connectivity index (χ2v) is 4.52. The Hall–Kier alpha value is -1.11. The zero-order valence-electron chi connectivity index (χ0n) is 9.17. The summed E-state index contributed by atoms with van der Waals surface area (Å²) in [7, 11) is -1.50. The van der Waals surface area contributed by atoms with E-state index in [4.69, 9.17) is 10.0 Å². The SMILES string of the molecule is CC1(O)CCN(c2cncc(B(O)O)c2)C1. The summed E-state index contributed by atoms with van der Waals surface area (Å²) in [6.07, 6.45) is 3.79. The Morgan fingerprint density at radius 2 is 2.19 bits per heavy atom. The fourth-order valence-corrected chi connectivity index (χ4v) is 1.92. The average molecular weight is 222 g/mol. The Bertz CT molecular complexity index is 384. The maximum atomic E-state index is 9.84. The lowest BCUT2D eigenvalue weighted by Gasteiger charge is -2.20. The van der Waals surface area contributed by atoms with Crippen molar-refractivity contribution in [2.45, 2.75) is 18.9 Å². The van der Waals surface area contributed by atoms with Gasteiger partial charge in [0.2, 0.25) is 0 Å². The molecule has 1 aliphatic rings. The fourth-order valence-electron chi connectivity index (χ4n) is 1.92. The van der Waals surface area contributed by atoms with E-state index in [0.717, 1.165) is 12.2 Å². The summed E-state index contributed by atoms with van der Waals surface area (Å²) in [5.41, 5.74) is 0.501. The van der Waals surface area contributed by atoms with Gasteiger partial charge in [0.25, 0.3) is 0 Å². The molecule has 1 unspecified atom stereocenters. The highest BCUT2D eigenvalue weighted by Crippen LogP contribution is 2.25. The number of nitrogens with zero attached hydrogens (tertiary/aromatic N) is 2. The standard InChI is InChI=1S/C10H15BN2O3/c1-10(14)2-3-13(7-10)9-4-8(11(15)16)5-12-6-9/h4-6,14-16H,2-3,7H2,1H3. The number of aromatic nitrogens is 1. The zero-order valence-corrected chi connectivity index (χ0v) is 9.17. The van der Waals surface area contributed by atoms with Crippen LogP contribution >= 0.6 is 0 Å². The van der Waals surface area contributed by atoms with Crippen molar-refractivity contribution in [3.8, 4) is 0 Å². The lowest BCUT2D eigenvalue weighted by molar-refractivity contribution is 0.0839. The van der Waals surface area contributed by atoms with Crippen LogP contribution in [0.25, 0.3) is 0 Å². The van der Waals surface area contributed by atoms with Crippen LogP contribution in [0, 0.1) is 0 Å². The van der Waals surface area contributed by atoms with Crippen LogP contribution in [-0.4, -0.2) is 45.9 Å². The lowest BCUT2D eigenvalue weighted by atomic mass is 9.81. The smallest absolute Gasteiger partial charge is 0.423 e. The number of aliphatic hydroxyl groups is 1. The van der Waals surface area contributed by atoms with Crippen molar-refractivity contribution in [3.63, 3.8) is 0 Å². The van der Waals surface area contributed by atoms with Gasteiger partial charge in [-0.3, -0.25) is 4.98 Å². The number of pyridine rings is 1. The van der Waals surface area contributed by atoms with Gasteiger partial charge in [-0.05, 0) is 19.4 Å². The average Bonchev–Trinajstić information content (AvgIpc) is 2.59. The van der Waals surface area contributed by atoms with Crippen molar-refractivity contribution >= 4 is 18.3 Å². The summed E-state index contributed by atoms with van der Waals surface area (Å²) in [5.74, 6) is 0. The molecule has 0 spiro atoms. The molecule has 1 aromatic heterocycles. The van der Waals surface area contributed by atoms with Gasteiger partial charge in [0.1, 0.15) is 0 Å². The van der Waals surface area contributed by atoms with E-state index in [1.807, 2.05) is 4.90 Å². The monoisotopic (exact) mass is 222 g/mol. The van der Waals surface area contributed by atoms with Crippen molar-refractivity contribution in [2.75, 3.05) is 18.0 Å². The molecule has 2 rings (SSSR count). The summed E-state index contributed by atoms with van der Waals surface area (Å²) < 4.78 is 0. The maximum absolute atomic E-state index is 9.84. The summed E-state index contributed by atoms with van der Waals surface area (Å²) in [4.78, 5) is 5.94. The van der Waals surface area contributed by atoms with Crippen molar-refractivity contribution in [1.82, 2.24) is 4.98 Å². The van der Waals surface area contributed by atoms with Crippen molar-refractivity contribution in [2.24, 2.45) is 0 Å². The minimum atomic E-state index is -1.50. The van der Waals surface area contributed by atoms with Gasteiger partial charge in [0.15, 0.2) is 0 Å². The van der Waals surface area contributed by atoms with E-state index in [0.29, 0.717) is 18.4 Å². The summed E-state index contributed by atoms with van der Waals surface area (Å²) in [6, 6.07) is 1.68. The predicted octanol–water partition coefficient (Wildman–Crippen LogP) is -1.28. The van der Waals surface area contributed by atoms with E-state index < -0.39 is 12.7 Å². The largest absolute Gasteiger partial charge is 0.490 e. The third-order valence-electron chi connectivity index (χ3n) is 2.86. The molecule has 2 heterocycles.